The number of carbonyl (C=O) groups excluding carboxylic acids is 1. The molecule has 0 aromatic heterocycles. The Balaban J connectivity index is 3.74. The Morgan fingerprint density at radius 2 is 2.00 bits per heavy atom. The van der Waals surface area contributed by atoms with Gasteiger partial charge in [-0.25, -0.2) is 4.79 Å². The van der Waals surface area contributed by atoms with Gasteiger partial charge in [0.25, 0.3) is 5.17 Å². The second-order valence-electron chi connectivity index (χ2n) is 2.80. The van der Waals surface area contributed by atoms with Crippen LogP contribution >= 0.6 is 12.2 Å². The Labute approximate surface area is 92.8 Å². The minimum absolute atomic E-state index is 0.00860. The average molecular weight is 233 g/mol. The molecule has 0 aliphatic rings. The van der Waals surface area contributed by atoms with Crippen molar-refractivity contribution < 1.29 is 9.53 Å². The Morgan fingerprint density at radius 1 is 1.40 bits per heavy atom. The highest BCUT2D eigenvalue weighted by molar-refractivity contribution is 7.80. The summed E-state index contributed by atoms with van der Waals surface area (Å²) in [6, 6.07) is -0.763. The maximum atomic E-state index is 11.1. The maximum Gasteiger partial charge on any atom is 0.330 e. The first kappa shape index (κ1) is 13.6. The zero-order chi connectivity index (χ0) is 11.8. The quantitative estimate of drug-likeness (QED) is 0.143. The third-order valence-electron chi connectivity index (χ3n) is 1.47. The minimum atomic E-state index is -0.763. The van der Waals surface area contributed by atoms with E-state index in [-0.39, 0.29) is 11.1 Å². The van der Waals surface area contributed by atoms with Gasteiger partial charge in [-0.2, -0.15) is 0 Å². The molecule has 0 heterocycles. The number of aliphatic imine (C=N–C) groups is 1. The minimum Gasteiger partial charge on any atom is -0.398 e. The number of carbonyl (C=O) groups is 1. The summed E-state index contributed by atoms with van der Waals surface area (Å²) in [6.07, 6.45) is 0.976. The lowest BCUT2D eigenvalue weighted by molar-refractivity contribution is -0.137. The van der Waals surface area contributed by atoms with Crippen LogP contribution in [0.25, 0.3) is 0 Å². The Kier molecular flexibility index (Phi) is 6.30. The molecule has 1 atom stereocenters. The SMILES string of the molecule is NC(=S)OC(=O)[C@@H](N)CCCN=C(N)N. The molecular weight excluding hydrogens is 218 g/mol. The van der Waals surface area contributed by atoms with Gasteiger partial charge in [0.1, 0.15) is 6.04 Å². The lowest BCUT2D eigenvalue weighted by Crippen LogP contribution is -2.35. The molecule has 0 rings (SSSR count). The van der Waals surface area contributed by atoms with Crippen molar-refractivity contribution in [3.63, 3.8) is 0 Å². The number of thiocarbonyl (C=S) groups is 1. The van der Waals surface area contributed by atoms with E-state index in [1.807, 2.05) is 0 Å². The van der Waals surface area contributed by atoms with Crippen LogP contribution in [0.4, 0.5) is 0 Å². The van der Waals surface area contributed by atoms with Crippen LogP contribution in [0.5, 0.6) is 0 Å². The number of rotatable bonds is 5. The van der Waals surface area contributed by atoms with E-state index in [2.05, 4.69) is 21.9 Å². The molecule has 0 saturated heterocycles. The smallest absolute Gasteiger partial charge is 0.330 e. The van der Waals surface area contributed by atoms with E-state index in [4.69, 9.17) is 22.9 Å². The first-order valence-corrected chi connectivity index (χ1v) is 4.66. The first-order valence-electron chi connectivity index (χ1n) is 4.25. The molecule has 0 radical (unpaired) electrons. The second kappa shape index (κ2) is 6.96. The number of nitrogens with two attached hydrogens (primary N) is 4. The zero-order valence-electron chi connectivity index (χ0n) is 8.18. The summed E-state index contributed by atoms with van der Waals surface area (Å²) in [6.45, 7) is 0.413. The number of hydrogen-bond acceptors (Lipinski definition) is 5. The van der Waals surface area contributed by atoms with E-state index in [0.717, 1.165) is 0 Å². The molecule has 0 amide bonds. The molecule has 0 unspecified atom stereocenters. The van der Waals surface area contributed by atoms with Crippen molar-refractivity contribution in [1.82, 2.24) is 0 Å². The molecule has 8 N–H and O–H groups in total. The van der Waals surface area contributed by atoms with Crippen molar-refractivity contribution in [3.8, 4) is 0 Å². The second-order valence-corrected chi connectivity index (χ2v) is 3.20. The molecule has 0 spiro atoms. The molecule has 15 heavy (non-hydrogen) atoms. The summed E-state index contributed by atoms with van der Waals surface area (Å²) in [4.78, 5) is 14.8. The largest absolute Gasteiger partial charge is 0.398 e. The number of guanidine groups is 1. The van der Waals surface area contributed by atoms with Gasteiger partial charge in [0.15, 0.2) is 5.96 Å². The predicted octanol–water partition coefficient (Wildman–Crippen LogP) is -1.85. The lowest BCUT2D eigenvalue weighted by Gasteiger charge is -2.08. The van der Waals surface area contributed by atoms with Crippen LogP contribution in [0.2, 0.25) is 0 Å². The van der Waals surface area contributed by atoms with E-state index in [1.54, 1.807) is 0 Å². The monoisotopic (exact) mass is 233 g/mol. The first-order chi connectivity index (χ1) is 6.93. The fourth-order valence-corrected chi connectivity index (χ4v) is 0.894. The predicted molar refractivity (Wildman–Crippen MR) is 60.8 cm³/mol. The standard InChI is InChI=1S/C7H15N5O2S/c8-4(5(13)14-7(11)15)2-1-3-12-6(9)10/h4H,1-3,8H2,(H2,11,15)(H4,9,10,12)/t4-/m0/s1. The molecule has 7 nitrogen and oxygen atoms in total. The molecule has 0 fully saturated rings. The third kappa shape index (κ3) is 7.65. The van der Waals surface area contributed by atoms with Gasteiger partial charge in [-0.3, -0.25) is 4.99 Å². The molecule has 0 aliphatic heterocycles. The molecule has 0 saturated carbocycles. The number of esters is 1. The Hall–Kier alpha value is -1.41. The summed E-state index contributed by atoms with van der Waals surface area (Å²) in [5.41, 5.74) is 20.7. The van der Waals surface area contributed by atoms with Crippen LogP contribution in [-0.2, 0) is 9.53 Å². The van der Waals surface area contributed by atoms with Crippen molar-refractivity contribution in [2.45, 2.75) is 18.9 Å². The Bertz CT molecular complexity index is 264. The van der Waals surface area contributed by atoms with Crippen LogP contribution < -0.4 is 22.9 Å². The topological polar surface area (TPSA) is 143 Å². The lowest BCUT2D eigenvalue weighted by atomic mass is 10.2. The molecular formula is C7H15N5O2S. The van der Waals surface area contributed by atoms with Crippen molar-refractivity contribution >= 4 is 29.3 Å². The van der Waals surface area contributed by atoms with E-state index in [9.17, 15) is 4.79 Å². The van der Waals surface area contributed by atoms with E-state index < -0.39 is 12.0 Å². The summed E-state index contributed by atoms with van der Waals surface area (Å²) in [7, 11) is 0. The van der Waals surface area contributed by atoms with Crippen LogP contribution in [-0.4, -0.2) is 29.7 Å². The summed E-state index contributed by atoms with van der Waals surface area (Å²) < 4.78 is 4.45. The van der Waals surface area contributed by atoms with E-state index in [1.165, 1.54) is 0 Å². The van der Waals surface area contributed by atoms with Crippen molar-refractivity contribution in [3.05, 3.63) is 0 Å². The number of hydrogen-bond donors (Lipinski definition) is 4. The van der Waals surface area contributed by atoms with Crippen molar-refractivity contribution in [2.75, 3.05) is 6.54 Å². The number of ether oxygens (including phenoxy) is 1. The highest BCUT2D eigenvalue weighted by Crippen LogP contribution is 1.97. The molecule has 0 bridgehead atoms. The Morgan fingerprint density at radius 3 is 2.47 bits per heavy atom. The zero-order valence-corrected chi connectivity index (χ0v) is 9.00. The molecule has 8 heteroatoms. The van der Waals surface area contributed by atoms with Crippen molar-refractivity contribution in [2.24, 2.45) is 27.9 Å². The van der Waals surface area contributed by atoms with Gasteiger partial charge in [0.2, 0.25) is 0 Å². The fraction of sp³-hybridized carbons (Fsp3) is 0.571. The summed E-state index contributed by atoms with van der Waals surface area (Å²) in [5, 5.41) is -0.334. The van der Waals surface area contributed by atoms with Gasteiger partial charge < -0.3 is 27.7 Å². The van der Waals surface area contributed by atoms with Gasteiger partial charge in [-0.1, -0.05) is 0 Å². The average Bonchev–Trinajstić information content (AvgIpc) is 2.10. The van der Waals surface area contributed by atoms with Crippen LogP contribution in [0, 0.1) is 0 Å². The summed E-state index contributed by atoms with van der Waals surface area (Å²) in [5.74, 6) is -0.638. The third-order valence-corrected chi connectivity index (χ3v) is 1.55. The van der Waals surface area contributed by atoms with Crippen molar-refractivity contribution in [1.29, 1.82) is 0 Å². The highest BCUT2D eigenvalue weighted by atomic mass is 32.1. The van der Waals surface area contributed by atoms with Crippen LogP contribution in [0.3, 0.4) is 0 Å². The normalized spacial score (nSPS) is 11.5. The maximum absolute atomic E-state index is 11.1. The van der Waals surface area contributed by atoms with E-state index in [0.29, 0.717) is 19.4 Å². The summed E-state index contributed by atoms with van der Waals surface area (Å²) >= 11 is 4.38. The molecule has 86 valence electrons. The fourth-order valence-electron chi connectivity index (χ4n) is 0.812. The van der Waals surface area contributed by atoms with Gasteiger partial charge in [0.05, 0.1) is 0 Å². The molecule has 0 aromatic rings. The highest BCUT2D eigenvalue weighted by Gasteiger charge is 2.15. The van der Waals surface area contributed by atoms with Crippen LogP contribution in [0.15, 0.2) is 4.99 Å². The van der Waals surface area contributed by atoms with Gasteiger partial charge in [0, 0.05) is 6.54 Å². The molecule has 0 aromatic carbocycles. The van der Waals surface area contributed by atoms with E-state index >= 15 is 0 Å². The molecule has 0 aliphatic carbocycles. The number of nitrogens with zero attached hydrogens (tertiary/aromatic N) is 1. The van der Waals surface area contributed by atoms with Gasteiger partial charge in [-0.15, -0.1) is 0 Å². The van der Waals surface area contributed by atoms with Gasteiger partial charge >= 0.3 is 5.97 Å². The van der Waals surface area contributed by atoms with Crippen LogP contribution in [0.1, 0.15) is 12.8 Å². The van der Waals surface area contributed by atoms with Gasteiger partial charge in [-0.05, 0) is 25.1 Å².